The van der Waals surface area contributed by atoms with E-state index in [2.05, 4.69) is 22.7 Å². The Morgan fingerprint density at radius 1 is 1.00 bits per heavy atom. The number of amides is 3. The molecule has 3 amide bonds. The molecule has 8 nitrogen and oxygen atoms in total. The molecule has 182 valence electrons. The van der Waals surface area contributed by atoms with Crippen LogP contribution in [0, 0.1) is 5.82 Å². The van der Waals surface area contributed by atoms with Crippen molar-refractivity contribution in [1.29, 1.82) is 0 Å². The van der Waals surface area contributed by atoms with E-state index in [0.717, 1.165) is 17.5 Å². The number of likely N-dealkylation sites (N-methyl/N-ethyl adjacent to an activating group) is 1. The van der Waals surface area contributed by atoms with E-state index in [1.807, 2.05) is 24.3 Å². The minimum absolute atomic E-state index is 0.0889. The van der Waals surface area contributed by atoms with Crippen molar-refractivity contribution >= 4 is 17.7 Å². The van der Waals surface area contributed by atoms with E-state index >= 15 is 0 Å². The van der Waals surface area contributed by atoms with Gasteiger partial charge in [0.25, 0.3) is 11.8 Å². The number of nitrogens with zero attached hydrogens (tertiary/aromatic N) is 3. The van der Waals surface area contributed by atoms with Gasteiger partial charge in [0.15, 0.2) is 5.69 Å². The first-order valence-electron chi connectivity index (χ1n) is 11.5. The van der Waals surface area contributed by atoms with Crippen LogP contribution in [0.15, 0.2) is 54.6 Å². The molecule has 0 saturated heterocycles. The van der Waals surface area contributed by atoms with Crippen molar-refractivity contribution in [2.24, 2.45) is 0 Å². The lowest BCUT2D eigenvalue weighted by molar-refractivity contribution is -0.132. The summed E-state index contributed by atoms with van der Waals surface area (Å²) in [4.78, 5) is 40.2. The highest BCUT2D eigenvalue weighted by Crippen LogP contribution is 2.26. The number of rotatable bonds is 7. The first-order chi connectivity index (χ1) is 16.7. The topological polar surface area (TPSA) is 96.3 Å². The molecule has 0 aliphatic carbocycles. The van der Waals surface area contributed by atoms with Crippen molar-refractivity contribution < 1.29 is 18.8 Å². The zero-order valence-electron chi connectivity index (χ0n) is 20.0. The van der Waals surface area contributed by atoms with E-state index in [1.54, 1.807) is 26.1 Å². The highest BCUT2D eigenvalue weighted by Gasteiger charge is 2.46. The Labute approximate surface area is 203 Å². The number of carbonyl (C=O) groups excluding carboxylic acids is 3. The summed E-state index contributed by atoms with van der Waals surface area (Å²) in [5.74, 6) is -1.53. The summed E-state index contributed by atoms with van der Waals surface area (Å²) in [6.45, 7) is 4.34. The zero-order chi connectivity index (χ0) is 25.2. The summed E-state index contributed by atoms with van der Waals surface area (Å²) in [5.41, 5.74) is 2.05. The molecule has 1 atom stereocenters. The average molecular weight is 478 g/mol. The van der Waals surface area contributed by atoms with E-state index in [1.165, 1.54) is 33.3 Å². The fraction of sp³-hybridized carbons (Fsp3) is 0.308. The normalized spacial score (nSPS) is 17.1. The number of aryl methyl sites for hydroxylation is 1. The molecule has 9 heteroatoms. The number of carbonyl (C=O) groups is 3. The number of hydrogen-bond donors (Lipinski definition) is 2. The van der Waals surface area contributed by atoms with Crippen molar-refractivity contribution in [3.05, 3.63) is 88.5 Å². The van der Waals surface area contributed by atoms with Crippen LogP contribution in [0.2, 0.25) is 0 Å². The molecule has 2 heterocycles. The summed E-state index contributed by atoms with van der Waals surface area (Å²) in [6.07, 6.45) is 0.943. The van der Waals surface area contributed by atoms with Crippen LogP contribution in [0.1, 0.15) is 51.5 Å². The van der Waals surface area contributed by atoms with Gasteiger partial charge in [-0.3, -0.25) is 19.1 Å². The molecule has 2 aromatic carbocycles. The third-order valence-electron chi connectivity index (χ3n) is 6.47. The van der Waals surface area contributed by atoms with Gasteiger partial charge in [0.2, 0.25) is 5.91 Å². The van der Waals surface area contributed by atoms with Crippen LogP contribution < -0.4 is 10.6 Å². The standard InChI is InChI=1S/C26H28FN5O3/c1-4-17-5-7-18(8-6-17)14-28-23(33)21-13-22-24(34)31(3)26(2,16-32(22)30-21)25(35)29-15-19-9-11-20(27)12-10-19/h5-13H,4,14-16H2,1-3H3,(H,28,33)(H,29,35)/t26-/m1/s1. The lowest BCUT2D eigenvalue weighted by Gasteiger charge is -2.40. The second kappa shape index (κ2) is 9.69. The van der Waals surface area contributed by atoms with Gasteiger partial charge < -0.3 is 15.5 Å². The van der Waals surface area contributed by atoms with Gasteiger partial charge in [-0.05, 0) is 42.2 Å². The number of halogens is 1. The molecular formula is C26H28FN5O3. The van der Waals surface area contributed by atoms with Crippen molar-refractivity contribution in [3.63, 3.8) is 0 Å². The van der Waals surface area contributed by atoms with Gasteiger partial charge in [-0.15, -0.1) is 0 Å². The molecule has 0 spiro atoms. The quantitative estimate of drug-likeness (QED) is 0.547. The number of benzene rings is 2. The maximum absolute atomic E-state index is 13.1. The number of aromatic nitrogens is 2. The molecule has 0 fully saturated rings. The molecule has 0 bridgehead atoms. The van der Waals surface area contributed by atoms with Gasteiger partial charge in [0, 0.05) is 26.2 Å². The molecule has 2 N–H and O–H groups in total. The molecule has 1 aliphatic heterocycles. The Hall–Kier alpha value is -4.01. The van der Waals surface area contributed by atoms with E-state index in [0.29, 0.717) is 6.54 Å². The molecular weight excluding hydrogens is 449 g/mol. The van der Waals surface area contributed by atoms with Crippen LogP contribution in [0.3, 0.4) is 0 Å². The summed E-state index contributed by atoms with van der Waals surface area (Å²) < 4.78 is 14.5. The lowest BCUT2D eigenvalue weighted by atomic mass is 9.96. The summed E-state index contributed by atoms with van der Waals surface area (Å²) in [7, 11) is 1.55. The zero-order valence-corrected chi connectivity index (χ0v) is 20.0. The molecule has 1 aromatic heterocycles. The van der Waals surface area contributed by atoms with E-state index in [-0.39, 0.29) is 36.2 Å². The van der Waals surface area contributed by atoms with E-state index < -0.39 is 17.4 Å². The predicted octanol–water partition coefficient (Wildman–Crippen LogP) is 2.68. The highest BCUT2D eigenvalue weighted by atomic mass is 19.1. The summed E-state index contributed by atoms with van der Waals surface area (Å²) in [5, 5.41) is 9.96. The lowest BCUT2D eigenvalue weighted by Crippen LogP contribution is -2.62. The predicted molar refractivity (Wildman–Crippen MR) is 128 cm³/mol. The summed E-state index contributed by atoms with van der Waals surface area (Å²) in [6, 6.07) is 15.2. The van der Waals surface area contributed by atoms with Crippen LogP contribution >= 0.6 is 0 Å². The highest BCUT2D eigenvalue weighted by molar-refractivity contribution is 6.01. The monoisotopic (exact) mass is 477 g/mol. The Morgan fingerprint density at radius 2 is 1.57 bits per heavy atom. The Kier molecular flexibility index (Phi) is 6.68. The minimum atomic E-state index is -1.22. The third-order valence-corrected chi connectivity index (χ3v) is 6.47. The molecule has 0 unspecified atom stereocenters. The first kappa shape index (κ1) is 24.1. The molecule has 0 radical (unpaired) electrons. The van der Waals surface area contributed by atoms with Gasteiger partial charge in [0.1, 0.15) is 17.1 Å². The molecule has 1 aliphatic rings. The van der Waals surface area contributed by atoms with Crippen LogP contribution in [-0.4, -0.2) is 45.0 Å². The van der Waals surface area contributed by atoms with E-state index in [9.17, 15) is 18.8 Å². The molecule has 35 heavy (non-hydrogen) atoms. The number of nitrogens with one attached hydrogen (secondary N) is 2. The fourth-order valence-electron chi connectivity index (χ4n) is 3.98. The summed E-state index contributed by atoms with van der Waals surface area (Å²) >= 11 is 0. The van der Waals surface area contributed by atoms with Gasteiger partial charge in [-0.25, -0.2) is 4.39 Å². The second-order valence-corrected chi connectivity index (χ2v) is 8.87. The maximum atomic E-state index is 13.1. The molecule has 0 saturated carbocycles. The van der Waals surface area contributed by atoms with Crippen LogP contribution in [0.5, 0.6) is 0 Å². The van der Waals surface area contributed by atoms with Gasteiger partial charge in [-0.1, -0.05) is 43.3 Å². The Balaban J connectivity index is 1.44. The number of hydrogen-bond acceptors (Lipinski definition) is 4. The molecule has 3 aromatic rings. The van der Waals surface area contributed by atoms with Crippen molar-refractivity contribution in [3.8, 4) is 0 Å². The van der Waals surface area contributed by atoms with Crippen LogP contribution in [0.25, 0.3) is 0 Å². The van der Waals surface area contributed by atoms with Crippen LogP contribution in [0.4, 0.5) is 4.39 Å². The first-order valence-corrected chi connectivity index (χ1v) is 11.5. The smallest absolute Gasteiger partial charge is 0.272 e. The Morgan fingerprint density at radius 3 is 2.20 bits per heavy atom. The fourth-order valence-corrected chi connectivity index (χ4v) is 3.98. The van der Waals surface area contributed by atoms with Gasteiger partial charge >= 0.3 is 0 Å². The van der Waals surface area contributed by atoms with Gasteiger partial charge in [0.05, 0.1) is 6.54 Å². The number of fused-ring (bicyclic) bond motifs is 1. The van der Waals surface area contributed by atoms with Crippen molar-refractivity contribution in [2.75, 3.05) is 7.05 Å². The molecule has 4 rings (SSSR count). The second-order valence-electron chi connectivity index (χ2n) is 8.87. The van der Waals surface area contributed by atoms with Crippen LogP contribution in [-0.2, 0) is 30.8 Å². The maximum Gasteiger partial charge on any atom is 0.272 e. The SMILES string of the molecule is CCc1ccc(CNC(=O)c2cc3n(n2)C[C@](C)(C(=O)NCc2ccc(F)cc2)N(C)C3=O)cc1. The third kappa shape index (κ3) is 4.94. The van der Waals surface area contributed by atoms with Gasteiger partial charge in [-0.2, -0.15) is 5.10 Å². The largest absolute Gasteiger partial charge is 0.350 e. The van der Waals surface area contributed by atoms with Crippen molar-refractivity contribution in [2.45, 2.75) is 45.4 Å². The van der Waals surface area contributed by atoms with E-state index in [4.69, 9.17) is 0 Å². The van der Waals surface area contributed by atoms with Crippen molar-refractivity contribution in [1.82, 2.24) is 25.3 Å². The average Bonchev–Trinajstić information content (AvgIpc) is 3.29. The minimum Gasteiger partial charge on any atom is -0.350 e. The Bertz CT molecular complexity index is 1250.